The van der Waals surface area contributed by atoms with Crippen molar-refractivity contribution in [3.8, 4) is 11.5 Å². The molecule has 4 unspecified atom stereocenters. The van der Waals surface area contributed by atoms with Crippen molar-refractivity contribution < 1.29 is 41.6 Å². The summed E-state index contributed by atoms with van der Waals surface area (Å²) in [5.41, 5.74) is -2.52. The van der Waals surface area contributed by atoms with Crippen molar-refractivity contribution in [2.45, 2.75) is 36.9 Å². The number of ether oxygens (including phenoxy) is 3. The molecule has 0 aliphatic heterocycles. The van der Waals surface area contributed by atoms with Gasteiger partial charge in [-0.1, -0.05) is 60.7 Å². The van der Waals surface area contributed by atoms with Crippen LogP contribution in [-0.4, -0.2) is 24.1 Å². The summed E-state index contributed by atoms with van der Waals surface area (Å²) in [5, 5.41) is 24.3. The van der Waals surface area contributed by atoms with Crippen molar-refractivity contribution in [3.05, 3.63) is 210 Å². The molecule has 0 aromatic heterocycles. The van der Waals surface area contributed by atoms with Crippen molar-refractivity contribution in [3.63, 3.8) is 0 Å². The van der Waals surface area contributed by atoms with Gasteiger partial charge in [0.15, 0.2) is 23.3 Å². The minimum Gasteiger partial charge on any atom is -0.497 e. The predicted molar refractivity (Wildman–Crippen MR) is 204 cm³/mol. The number of nitro groups is 2. The molecule has 0 saturated carbocycles. The standard InChI is InChI=1S/C44H36F4N2O7/c1-43(31-15-21-37(45)39(47)25-31,41(27-11-17-35(55-3)18-12-27)29-7-5-9-33(23-29)49(51)52)57-44(2,32-16-22-38(46)40(48)26-32)42(28-13-19-36(56-4)20-14-28)30-8-6-10-34(24-30)50(53)54/h5-26,41-42H,1-4H3. The number of hydrogen-bond acceptors (Lipinski definition) is 7. The fraction of sp³-hybridized carbons (Fsp3) is 0.182. The molecule has 6 aromatic carbocycles. The minimum absolute atomic E-state index is 0.0649. The zero-order valence-corrected chi connectivity index (χ0v) is 31.1. The Labute approximate surface area is 325 Å². The Morgan fingerprint density at radius 3 is 1.18 bits per heavy atom. The molecule has 6 aromatic rings. The van der Waals surface area contributed by atoms with Crippen LogP contribution in [0.15, 0.2) is 133 Å². The monoisotopic (exact) mass is 780 g/mol. The fourth-order valence-corrected chi connectivity index (χ4v) is 7.50. The van der Waals surface area contributed by atoms with Gasteiger partial charge in [0.2, 0.25) is 0 Å². The summed E-state index contributed by atoms with van der Waals surface area (Å²) >= 11 is 0. The number of rotatable bonds is 14. The highest BCUT2D eigenvalue weighted by Crippen LogP contribution is 2.54. The van der Waals surface area contributed by atoms with Crippen LogP contribution in [0.5, 0.6) is 11.5 Å². The SMILES string of the molecule is COc1ccc(C(c2cccc([N+](=O)[O-])c2)C(C)(OC(C)(c2ccc(F)c(F)c2)C(c2ccc(OC)cc2)c2cccc([N+](=O)[O-])c2)c2ccc(F)c(F)c2)cc1. The van der Waals surface area contributed by atoms with Gasteiger partial charge < -0.3 is 14.2 Å². The van der Waals surface area contributed by atoms with Crippen LogP contribution < -0.4 is 9.47 Å². The molecule has 0 amide bonds. The third kappa shape index (κ3) is 8.05. The highest BCUT2D eigenvalue weighted by molar-refractivity contribution is 5.49. The van der Waals surface area contributed by atoms with Gasteiger partial charge >= 0.3 is 0 Å². The molecule has 57 heavy (non-hydrogen) atoms. The number of nitro benzene ring substituents is 2. The van der Waals surface area contributed by atoms with Gasteiger partial charge in [0.05, 0.1) is 24.1 Å². The van der Waals surface area contributed by atoms with Crippen LogP contribution >= 0.6 is 0 Å². The average molecular weight is 781 g/mol. The smallest absolute Gasteiger partial charge is 0.269 e. The van der Waals surface area contributed by atoms with Gasteiger partial charge in [-0.25, -0.2) is 17.6 Å². The van der Waals surface area contributed by atoms with E-state index in [0.29, 0.717) is 33.8 Å². The van der Waals surface area contributed by atoms with E-state index in [9.17, 15) is 29.0 Å². The van der Waals surface area contributed by atoms with Gasteiger partial charge in [-0.3, -0.25) is 20.2 Å². The molecule has 0 aliphatic rings. The Morgan fingerprint density at radius 2 is 0.860 bits per heavy atom. The molecular formula is C44H36F4N2O7. The third-order valence-corrected chi connectivity index (χ3v) is 10.2. The summed E-state index contributed by atoms with van der Waals surface area (Å²) in [7, 11) is 2.95. The van der Waals surface area contributed by atoms with Gasteiger partial charge in [-0.15, -0.1) is 0 Å². The lowest BCUT2D eigenvalue weighted by atomic mass is 9.70. The second kappa shape index (κ2) is 16.2. The first-order chi connectivity index (χ1) is 27.2. The quantitative estimate of drug-likeness (QED) is 0.0614. The average Bonchev–Trinajstić information content (AvgIpc) is 3.20. The predicted octanol–water partition coefficient (Wildman–Crippen LogP) is 10.9. The Balaban J connectivity index is 1.74. The van der Waals surface area contributed by atoms with Crippen LogP contribution in [0, 0.1) is 43.5 Å². The van der Waals surface area contributed by atoms with Crippen LogP contribution in [0.2, 0.25) is 0 Å². The van der Waals surface area contributed by atoms with E-state index in [4.69, 9.17) is 14.2 Å². The normalized spacial score (nSPS) is 14.5. The molecule has 0 radical (unpaired) electrons. The summed E-state index contributed by atoms with van der Waals surface area (Å²) < 4.78 is 78.7. The highest BCUT2D eigenvalue weighted by atomic mass is 19.2. The number of benzene rings is 6. The third-order valence-electron chi connectivity index (χ3n) is 10.2. The molecule has 4 atom stereocenters. The van der Waals surface area contributed by atoms with Gasteiger partial charge in [0.25, 0.3) is 11.4 Å². The topological polar surface area (TPSA) is 114 Å². The Bertz CT molecular complexity index is 2260. The molecular weight excluding hydrogens is 744 g/mol. The maximum Gasteiger partial charge on any atom is 0.269 e. The molecule has 9 nitrogen and oxygen atoms in total. The lowest BCUT2D eigenvalue weighted by Gasteiger charge is -2.49. The van der Waals surface area contributed by atoms with Crippen molar-refractivity contribution in [2.75, 3.05) is 14.2 Å². The molecule has 0 spiro atoms. The molecule has 0 aliphatic carbocycles. The maximum atomic E-state index is 15.5. The fourth-order valence-electron chi connectivity index (χ4n) is 7.50. The number of hydrogen-bond donors (Lipinski definition) is 0. The largest absolute Gasteiger partial charge is 0.497 e. The second-order valence-electron chi connectivity index (χ2n) is 13.7. The lowest BCUT2D eigenvalue weighted by molar-refractivity contribution is -0.385. The summed E-state index contributed by atoms with van der Waals surface area (Å²) in [5.74, 6) is -5.96. The van der Waals surface area contributed by atoms with Gasteiger partial charge in [0, 0.05) is 36.1 Å². The molecule has 6 rings (SSSR count). The van der Waals surface area contributed by atoms with Crippen molar-refractivity contribution in [2.24, 2.45) is 0 Å². The van der Waals surface area contributed by atoms with E-state index in [2.05, 4.69) is 0 Å². The molecule has 13 heteroatoms. The highest BCUT2D eigenvalue weighted by Gasteiger charge is 2.50. The van der Waals surface area contributed by atoms with Gasteiger partial charge in [0.1, 0.15) is 22.7 Å². The van der Waals surface area contributed by atoms with Crippen LogP contribution in [-0.2, 0) is 15.9 Å². The number of nitrogens with zero attached hydrogens (tertiary/aromatic N) is 2. The van der Waals surface area contributed by atoms with E-state index in [1.807, 2.05) is 0 Å². The molecule has 0 bridgehead atoms. The number of methoxy groups -OCH3 is 2. The zero-order chi connectivity index (χ0) is 41.1. The lowest BCUT2D eigenvalue weighted by Crippen LogP contribution is -2.45. The van der Waals surface area contributed by atoms with E-state index in [0.717, 1.165) is 24.3 Å². The molecule has 0 saturated heterocycles. The molecule has 0 heterocycles. The van der Waals surface area contributed by atoms with Crippen LogP contribution in [0.3, 0.4) is 0 Å². The number of halogens is 4. The molecule has 292 valence electrons. The van der Waals surface area contributed by atoms with Crippen molar-refractivity contribution in [1.29, 1.82) is 0 Å². The van der Waals surface area contributed by atoms with Crippen molar-refractivity contribution in [1.82, 2.24) is 0 Å². The Hall–Kier alpha value is -6.60. The first kappa shape index (κ1) is 40.1. The summed E-state index contributed by atoms with van der Waals surface area (Å²) in [4.78, 5) is 23.1. The van der Waals surface area contributed by atoms with E-state index < -0.39 is 56.2 Å². The van der Waals surface area contributed by atoms with Crippen molar-refractivity contribution >= 4 is 11.4 Å². The van der Waals surface area contributed by atoms with Crippen LogP contribution in [0.25, 0.3) is 0 Å². The number of non-ortho nitro benzene ring substituents is 2. The van der Waals surface area contributed by atoms with E-state index in [-0.39, 0.29) is 22.5 Å². The van der Waals surface area contributed by atoms with Gasteiger partial charge in [-0.2, -0.15) is 0 Å². The molecule has 0 N–H and O–H groups in total. The van der Waals surface area contributed by atoms with E-state index >= 15 is 8.78 Å². The van der Waals surface area contributed by atoms with Gasteiger partial charge in [-0.05, 0) is 95.8 Å². The molecule has 0 fully saturated rings. The van der Waals surface area contributed by atoms with Crippen LogP contribution in [0.4, 0.5) is 28.9 Å². The van der Waals surface area contributed by atoms with E-state index in [1.165, 1.54) is 62.8 Å². The maximum absolute atomic E-state index is 15.5. The minimum atomic E-state index is -1.87. The first-order valence-electron chi connectivity index (χ1n) is 17.6. The Kier molecular flexibility index (Phi) is 11.4. The summed E-state index contributed by atoms with van der Waals surface area (Å²) in [6.45, 7) is 3.17. The summed E-state index contributed by atoms with van der Waals surface area (Å²) in [6.07, 6.45) is 0. The Morgan fingerprint density at radius 1 is 0.491 bits per heavy atom. The van der Waals surface area contributed by atoms with E-state index in [1.54, 1.807) is 74.5 Å². The zero-order valence-electron chi connectivity index (χ0n) is 31.1. The summed E-state index contributed by atoms with van der Waals surface area (Å²) in [6, 6.07) is 31.3. The van der Waals surface area contributed by atoms with Crippen LogP contribution in [0.1, 0.15) is 59.1 Å². The second-order valence-corrected chi connectivity index (χ2v) is 13.7. The first-order valence-corrected chi connectivity index (χ1v) is 17.6.